The highest BCUT2D eigenvalue weighted by Gasteiger charge is 2.38. The van der Waals surface area contributed by atoms with Gasteiger partial charge in [0.05, 0.1) is 25.8 Å². The van der Waals surface area contributed by atoms with Gasteiger partial charge in [-0.05, 0) is 30.5 Å². The van der Waals surface area contributed by atoms with E-state index in [0.29, 0.717) is 32.7 Å². The lowest BCUT2D eigenvalue weighted by molar-refractivity contribution is -0.149. The first-order valence-corrected chi connectivity index (χ1v) is 9.49. The summed E-state index contributed by atoms with van der Waals surface area (Å²) in [6.45, 7) is 2.13. The second-order valence-electron chi connectivity index (χ2n) is 7.07. The van der Waals surface area contributed by atoms with Gasteiger partial charge in [-0.25, -0.2) is 0 Å². The van der Waals surface area contributed by atoms with Crippen molar-refractivity contribution in [2.45, 2.75) is 31.4 Å². The SMILES string of the molecule is O=C(C1CCCN1C(=O)Cc1ccccc1)N1CCOC(c2ccco2)C1. The summed E-state index contributed by atoms with van der Waals surface area (Å²) in [5, 5.41) is 0. The van der Waals surface area contributed by atoms with E-state index < -0.39 is 0 Å². The van der Waals surface area contributed by atoms with E-state index in [1.165, 1.54) is 0 Å². The fourth-order valence-corrected chi connectivity index (χ4v) is 3.90. The average Bonchev–Trinajstić information content (AvgIpc) is 3.40. The molecule has 0 N–H and O–H groups in total. The topological polar surface area (TPSA) is 63.0 Å². The number of hydrogen-bond acceptors (Lipinski definition) is 4. The number of benzene rings is 1. The molecule has 2 atom stereocenters. The van der Waals surface area contributed by atoms with Crippen LogP contribution in [0.1, 0.15) is 30.3 Å². The van der Waals surface area contributed by atoms with Gasteiger partial charge in [0, 0.05) is 13.1 Å². The number of rotatable bonds is 4. The number of nitrogens with zero attached hydrogens (tertiary/aromatic N) is 2. The Kier molecular flexibility index (Phi) is 5.25. The summed E-state index contributed by atoms with van der Waals surface area (Å²) in [7, 11) is 0. The van der Waals surface area contributed by atoms with E-state index in [1.807, 2.05) is 47.4 Å². The number of carbonyl (C=O) groups excluding carboxylic acids is 2. The molecular weight excluding hydrogens is 344 g/mol. The predicted molar refractivity (Wildman–Crippen MR) is 98.9 cm³/mol. The molecule has 6 nitrogen and oxygen atoms in total. The van der Waals surface area contributed by atoms with Crippen molar-refractivity contribution < 1.29 is 18.7 Å². The molecule has 1 aromatic carbocycles. The monoisotopic (exact) mass is 368 g/mol. The largest absolute Gasteiger partial charge is 0.467 e. The van der Waals surface area contributed by atoms with Gasteiger partial charge >= 0.3 is 0 Å². The predicted octanol–water partition coefficient (Wildman–Crippen LogP) is 2.41. The van der Waals surface area contributed by atoms with Crippen LogP contribution in [0.25, 0.3) is 0 Å². The highest BCUT2D eigenvalue weighted by atomic mass is 16.5. The number of ether oxygens (including phenoxy) is 1. The molecule has 142 valence electrons. The van der Waals surface area contributed by atoms with E-state index in [0.717, 1.165) is 24.2 Å². The molecule has 27 heavy (non-hydrogen) atoms. The van der Waals surface area contributed by atoms with Crippen molar-refractivity contribution in [3.05, 3.63) is 60.1 Å². The van der Waals surface area contributed by atoms with Gasteiger partial charge in [0.15, 0.2) is 0 Å². The number of likely N-dealkylation sites (tertiary alicyclic amines) is 1. The van der Waals surface area contributed by atoms with Crippen molar-refractivity contribution in [3.63, 3.8) is 0 Å². The Labute approximate surface area is 158 Å². The third kappa shape index (κ3) is 3.90. The van der Waals surface area contributed by atoms with Gasteiger partial charge in [-0.1, -0.05) is 30.3 Å². The van der Waals surface area contributed by atoms with Gasteiger partial charge < -0.3 is 19.0 Å². The first-order chi connectivity index (χ1) is 13.2. The standard InChI is InChI=1S/C21H24N2O4/c24-20(14-16-6-2-1-3-7-16)23-10-4-8-17(23)21(25)22-11-13-27-19(15-22)18-9-5-12-26-18/h1-3,5-7,9,12,17,19H,4,8,10-11,13-15H2. The van der Waals surface area contributed by atoms with E-state index in [2.05, 4.69) is 0 Å². The Morgan fingerprint density at radius 3 is 2.70 bits per heavy atom. The average molecular weight is 368 g/mol. The van der Waals surface area contributed by atoms with E-state index in [9.17, 15) is 9.59 Å². The number of amides is 2. The zero-order valence-electron chi connectivity index (χ0n) is 15.3. The Hall–Kier alpha value is -2.60. The van der Waals surface area contributed by atoms with Gasteiger partial charge in [-0.15, -0.1) is 0 Å². The highest BCUT2D eigenvalue weighted by molar-refractivity contribution is 5.89. The number of morpholine rings is 1. The Bertz CT molecular complexity index is 775. The van der Waals surface area contributed by atoms with Crippen LogP contribution in [0.5, 0.6) is 0 Å². The van der Waals surface area contributed by atoms with Gasteiger partial charge in [-0.2, -0.15) is 0 Å². The van der Waals surface area contributed by atoms with Crippen LogP contribution in [0.15, 0.2) is 53.1 Å². The lowest BCUT2D eigenvalue weighted by Crippen LogP contribution is -2.51. The van der Waals surface area contributed by atoms with Gasteiger partial charge in [0.25, 0.3) is 0 Å². The minimum absolute atomic E-state index is 0.0212. The van der Waals surface area contributed by atoms with E-state index in [1.54, 1.807) is 11.2 Å². The Morgan fingerprint density at radius 2 is 1.93 bits per heavy atom. The van der Waals surface area contributed by atoms with Crippen LogP contribution in [0.4, 0.5) is 0 Å². The normalized spacial score (nSPS) is 22.8. The van der Waals surface area contributed by atoms with Crippen LogP contribution >= 0.6 is 0 Å². The van der Waals surface area contributed by atoms with Crippen LogP contribution < -0.4 is 0 Å². The highest BCUT2D eigenvalue weighted by Crippen LogP contribution is 2.26. The molecule has 0 saturated carbocycles. The number of furan rings is 1. The maximum Gasteiger partial charge on any atom is 0.245 e. The molecule has 1 aromatic heterocycles. The molecule has 4 rings (SSSR count). The van der Waals surface area contributed by atoms with Crippen LogP contribution in [0.3, 0.4) is 0 Å². The summed E-state index contributed by atoms with van der Waals surface area (Å²) in [6, 6.07) is 13.0. The lowest BCUT2D eigenvalue weighted by Gasteiger charge is -2.35. The van der Waals surface area contributed by atoms with Crippen LogP contribution in [0, 0.1) is 0 Å². The second-order valence-corrected chi connectivity index (χ2v) is 7.07. The van der Waals surface area contributed by atoms with Crippen molar-refractivity contribution in [1.29, 1.82) is 0 Å². The first kappa shape index (κ1) is 17.8. The Morgan fingerprint density at radius 1 is 1.07 bits per heavy atom. The van der Waals surface area contributed by atoms with Crippen molar-refractivity contribution in [3.8, 4) is 0 Å². The van der Waals surface area contributed by atoms with Gasteiger partial charge in [0.2, 0.25) is 11.8 Å². The first-order valence-electron chi connectivity index (χ1n) is 9.49. The molecule has 2 fully saturated rings. The molecule has 2 unspecified atom stereocenters. The summed E-state index contributed by atoms with van der Waals surface area (Å²) in [5.41, 5.74) is 0.977. The minimum Gasteiger partial charge on any atom is -0.467 e. The van der Waals surface area contributed by atoms with Crippen LogP contribution in [-0.4, -0.2) is 53.9 Å². The summed E-state index contributed by atoms with van der Waals surface area (Å²) in [5.74, 6) is 0.776. The van der Waals surface area contributed by atoms with Crippen molar-refractivity contribution in [2.24, 2.45) is 0 Å². The molecule has 0 radical (unpaired) electrons. The third-order valence-corrected chi connectivity index (χ3v) is 5.30. The molecule has 3 heterocycles. The molecule has 2 amide bonds. The van der Waals surface area contributed by atoms with Crippen molar-refractivity contribution in [1.82, 2.24) is 9.80 Å². The summed E-state index contributed by atoms with van der Waals surface area (Å²) in [4.78, 5) is 29.5. The molecule has 6 heteroatoms. The molecule has 0 spiro atoms. The second kappa shape index (κ2) is 7.96. The molecule has 2 saturated heterocycles. The quantitative estimate of drug-likeness (QED) is 0.831. The van der Waals surface area contributed by atoms with Crippen LogP contribution in [-0.2, 0) is 20.7 Å². The van der Waals surface area contributed by atoms with Crippen LogP contribution in [0.2, 0.25) is 0 Å². The smallest absolute Gasteiger partial charge is 0.245 e. The molecule has 2 aliphatic heterocycles. The van der Waals surface area contributed by atoms with Gasteiger partial charge in [0.1, 0.15) is 17.9 Å². The maximum absolute atomic E-state index is 13.1. The fourth-order valence-electron chi connectivity index (χ4n) is 3.90. The Balaban J connectivity index is 1.42. The number of carbonyl (C=O) groups is 2. The molecule has 0 aliphatic carbocycles. The summed E-state index contributed by atoms with van der Waals surface area (Å²) >= 11 is 0. The third-order valence-electron chi connectivity index (χ3n) is 5.30. The fraction of sp³-hybridized carbons (Fsp3) is 0.429. The summed E-state index contributed by atoms with van der Waals surface area (Å²) in [6.07, 6.45) is 3.29. The van der Waals surface area contributed by atoms with E-state index >= 15 is 0 Å². The van der Waals surface area contributed by atoms with E-state index in [4.69, 9.17) is 9.15 Å². The molecule has 0 bridgehead atoms. The van der Waals surface area contributed by atoms with Crippen molar-refractivity contribution >= 4 is 11.8 Å². The maximum atomic E-state index is 13.1. The zero-order valence-corrected chi connectivity index (χ0v) is 15.3. The number of hydrogen-bond donors (Lipinski definition) is 0. The minimum atomic E-state index is -0.364. The molecule has 2 aliphatic rings. The van der Waals surface area contributed by atoms with E-state index in [-0.39, 0.29) is 24.0 Å². The molecular formula is C21H24N2O4. The lowest BCUT2D eigenvalue weighted by atomic mass is 10.1. The molecule has 2 aromatic rings. The summed E-state index contributed by atoms with van der Waals surface area (Å²) < 4.78 is 11.2. The van der Waals surface area contributed by atoms with Crippen molar-refractivity contribution in [2.75, 3.05) is 26.2 Å². The van der Waals surface area contributed by atoms with Gasteiger partial charge in [-0.3, -0.25) is 9.59 Å². The zero-order chi connectivity index (χ0) is 18.6.